The van der Waals surface area contributed by atoms with Gasteiger partial charge in [-0.15, -0.1) is 0 Å². The Kier molecular flexibility index (Phi) is 5.47. The number of carbonyl (C=O) groups is 2. The van der Waals surface area contributed by atoms with Crippen LogP contribution in [-0.2, 0) is 16.1 Å². The summed E-state index contributed by atoms with van der Waals surface area (Å²) in [5.41, 5.74) is 2.03. The Labute approximate surface area is 157 Å². The van der Waals surface area contributed by atoms with Crippen LogP contribution in [0.15, 0.2) is 42.5 Å². The molecule has 2 aromatic carbocycles. The quantitative estimate of drug-likeness (QED) is 0.736. The van der Waals surface area contributed by atoms with Crippen LogP contribution in [0, 0.1) is 0 Å². The van der Waals surface area contributed by atoms with Crippen molar-refractivity contribution in [3.05, 3.63) is 58.6 Å². The molecule has 3 rings (SSSR count). The van der Waals surface area contributed by atoms with E-state index in [2.05, 4.69) is 0 Å². The number of amides is 1. The second-order valence-corrected chi connectivity index (χ2v) is 6.57. The van der Waals surface area contributed by atoms with E-state index in [0.717, 1.165) is 12.0 Å². The maximum atomic E-state index is 12.6. The van der Waals surface area contributed by atoms with Gasteiger partial charge in [0.25, 0.3) is 5.91 Å². The number of fused-ring (bicyclic) bond motifs is 1. The average molecular weight is 374 g/mol. The Hall–Kier alpha value is -2.53. The number of hydrogen-bond donors (Lipinski definition) is 0. The summed E-state index contributed by atoms with van der Waals surface area (Å²) in [5.74, 6) is 0.152. The van der Waals surface area contributed by atoms with Crippen molar-refractivity contribution in [3.63, 3.8) is 0 Å². The lowest BCUT2D eigenvalue weighted by molar-refractivity contribution is -0.125. The largest absolute Gasteiger partial charge is 0.479 e. The predicted octanol–water partition coefficient (Wildman–Crippen LogP) is 4.22. The number of rotatable bonds is 5. The molecule has 1 amide bonds. The van der Waals surface area contributed by atoms with Gasteiger partial charge in [0.1, 0.15) is 5.75 Å². The highest BCUT2D eigenvalue weighted by atomic mass is 35.5. The molecular formula is C20H20ClNO4. The van der Waals surface area contributed by atoms with Gasteiger partial charge in [-0.25, -0.2) is 4.79 Å². The van der Waals surface area contributed by atoms with Crippen molar-refractivity contribution in [3.8, 4) is 5.75 Å². The molecule has 5 nitrogen and oxygen atoms in total. The zero-order valence-corrected chi connectivity index (χ0v) is 15.5. The van der Waals surface area contributed by atoms with Crippen LogP contribution in [0.1, 0.15) is 36.2 Å². The summed E-state index contributed by atoms with van der Waals surface area (Å²) in [4.78, 5) is 26.1. The molecule has 0 fully saturated rings. The van der Waals surface area contributed by atoms with Crippen molar-refractivity contribution in [1.82, 2.24) is 0 Å². The third-order valence-corrected chi connectivity index (χ3v) is 4.33. The van der Waals surface area contributed by atoms with Crippen LogP contribution in [0.5, 0.6) is 5.75 Å². The van der Waals surface area contributed by atoms with E-state index in [9.17, 15) is 9.59 Å². The average Bonchev–Trinajstić information content (AvgIpc) is 2.64. The minimum absolute atomic E-state index is 0.133. The molecule has 0 saturated heterocycles. The van der Waals surface area contributed by atoms with Crippen LogP contribution in [-0.4, -0.2) is 24.6 Å². The maximum absolute atomic E-state index is 12.6. The first kappa shape index (κ1) is 18.3. The van der Waals surface area contributed by atoms with Gasteiger partial charge in [0.2, 0.25) is 0 Å². The molecule has 26 heavy (non-hydrogen) atoms. The summed E-state index contributed by atoms with van der Waals surface area (Å²) in [6, 6.07) is 12.3. The first-order valence-corrected chi connectivity index (χ1v) is 8.91. The van der Waals surface area contributed by atoms with E-state index in [0.29, 0.717) is 35.2 Å². The molecule has 1 unspecified atom stereocenters. The lowest BCUT2D eigenvalue weighted by Crippen LogP contribution is -2.44. The zero-order valence-electron chi connectivity index (χ0n) is 14.7. The smallest absolute Gasteiger partial charge is 0.338 e. The number of benzene rings is 2. The summed E-state index contributed by atoms with van der Waals surface area (Å²) in [6.07, 6.45) is 0.218. The summed E-state index contributed by atoms with van der Waals surface area (Å²) < 4.78 is 10.8. The summed E-state index contributed by atoms with van der Waals surface area (Å²) in [5, 5.41) is 0.536. The van der Waals surface area contributed by atoms with E-state index in [4.69, 9.17) is 21.1 Å². The van der Waals surface area contributed by atoms with Crippen LogP contribution in [0.4, 0.5) is 5.69 Å². The topological polar surface area (TPSA) is 55.8 Å². The summed E-state index contributed by atoms with van der Waals surface area (Å²) in [7, 11) is 0. The fourth-order valence-electron chi connectivity index (χ4n) is 2.75. The van der Waals surface area contributed by atoms with Gasteiger partial charge in [0.15, 0.2) is 6.10 Å². The highest BCUT2D eigenvalue weighted by molar-refractivity contribution is 6.31. The van der Waals surface area contributed by atoms with E-state index in [1.807, 2.05) is 19.1 Å². The number of carbonyl (C=O) groups excluding carboxylic acids is 2. The highest BCUT2D eigenvalue weighted by Crippen LogP contribution is 2.37. The van der Waals surface area contributed by atoms with E-state index >= 15 is 0 Å². The van der Waals surface area contributed by atoms with Crippen LogP contribution in [0.3, 0.4) is 0 Å². The molecule has 1 heterocycles. The van der Waals surface area contributed by atoms with Gasteiger partial charge >= 0.3 is 5.97 Å². The van der Waals surface area contributed by atoms with Crippen molar-refractivity contribution in [2.45, 2.75) is 32.9 Å². The van der Waals surface area contributed by atoms with Crippen molar-refractivity contribution >= 4 is 29.2 Å². The van der Waals surface area contributed by atoms with Crippen molar-refractivity contribution in [2.75, 3.05) is 11.5 Å². The van der Waals surface area contributed by atoms with Crippen molar-refractivity contribution in [2.24, 2.45) is 0 Å². The van der Waals surface area contributed by atoms with E-state index in [1.165, 1.54) is 0 Å². The maximum Gasteiger partial charge on any atom is 0.338 e. The first-order valence-electron chi connectivity index (χ1n) is 8.53. The molecule has 0 saturated carbocycles. The molecule has 0 aliphatic carbocycles. The standard InChI is InChI=1S/C20H20ClNO4/c1-3-10-25-20(24)15-6-4-14(5-7-15)12-22-17-11-16(21)8-9-18(17)26-13(2)19(22)23/h4-9,11,13H,3,10,12H2,1-2H3. The molecule has 1 aliphatic rings. The normalized spacial score (nSPS) is 16.0. The summed E-state index contributed by atoms with van der Waals surface area (Å²) in [6.45, 7) is 4.43. The van der Waals surface area contributed by atoms with Gasteiger partial charge in [-0.1, -0.05) is 30.7 Å². The molecular weight excluding hydrogens is 354 g/mol. The van der Waals surface area contributed by atoms with Crippen LogP contribution in [0.25, 0.3) is 0 Å². The third-order valence-electron chi connectivity index (χ3n) is 4.10. The lowest BCUT2D eigenvalue weighted by atomic mass is 10.1. The number of esters is 1. The van der Waals surface area contributed by atoms with Crippen molar-refractivity contribution < 1.29 is 19.1 Å². The highest BCUT2D eigenvalue weighted by Gasteiger charge is 2.31. The van der Waals surface area contributed by atoms with Gasteiger partial charge in [-0.05, 0) is 49.2 Å². The molecule has 136 valence electrons. The van der Waals surface area contributed by atoms with E-state index in [1.54, 1.807) is 42.2 Å². The van der Waals surface area contributed by atoms with Gasteiger partial charge in [0, 0.05) is 5.02 Å². The first-order chi connectivity index (χ1) is 12.5. The number of hydrogen-bond acceptors (Lipinski definition) is 4. The minimum Gasteiger partial charge on any atom is -0.479 e. The molecule has 0 radical (unpaired) electrons. The van der Waals surface area contributed by atoms with Crippen LogP contribution < -0.4 is 9.64 Å². The Morgan fingerprint density at radius 2 is 1.96 bits per heavy atom. The van der Waals surface area contributed by atoms with Gasteiger partial charge < -0.3 is 14.4 Å². The number of ether oxygens (including phenoxy) is 2. The van der Waals surface area contributed by atoms with Crippen molar-refractivity contribution in [1.29, 1.82) is 0 Å². The second kappa shape index (κ2) is 7.79. The van der Waals surface area contributed by atoms with Gasteiger partial charge in [0.05, 0.1) is 24.4 Å². The molecule has 0 N–H and O–H groups in total. The third kappa shape index (κ3) is 3.83. The predicted molar refractivity (Wildman–Crippen MR) is 99.7 cm³/mol. The van der Waals surface area contributed by atoms with Gasteiger partial charge in [-0.3, -0.25) is 4.79 Å². The number of halogens is 1. The zero-order chi connectivity index (χ0) is 18.7. The van der Waals surface area contributed by atoms with Crippen LogP contribution >= 0.6 is 11.6 Å². The molecule has 0 aromatic heterocycles. The summed E-state index contributed by atoms with van der Waals surface area (Å²) >= 11 is 6.08. The van der Waals surface area contributed by atoms with Gasteiger partial charge in [-0.2, -0.15) is 0 Å². The Bertz CT molecular complexity index is 819. The van der Waals surface area contributed by atoms with E-state index in [-0.39, 0.29) is 11.9 Å². The SMILES string of the molecule is CCCOC(=O)c1ccc(CN2C(=O)C(C)Oc3ccc(Cl)cc32)cc1. The molecule has 6 heteroatoms. The number of anilines is 1. The Morgan fingerprint density at radius 3 is 2.65 bits per heavy atom. The molecule has 2 aromatic rings. The molecule has 1 atom stereocenters. The minimum atomic E-state index is -0.563. The Morgan fingerprint density at radius 1 is 1.23 bits per heavy atom. The van der Waals surface area contributed by atoms with E-state index < -0.39 is 6.10 Å². The fourth-order valence-corrected chi connectivity index (χ4v) is 2.92. The molecule has 0 spiro atoms. The fraction of sp³-hybridized carbons (Fsp3) is 0.300. The van der Waals surface area contributed by atoms with Crippen LogP contribution in [0.2, 0.25) is 5.02 Å². The second-order valence-electron chi connectivity index (χ2n) is 6.13. The molecule has 1 aliphatic heterocycles. The number of nitrogens with zero attached hydrogens (tertiary/aromatic N) is 1. The lowest BCUT2D eigenvalue weighted by Gasteiger charge is -2.33. The monoisotopic (exact) mass is 373 g/mol. The molecule has 0 bridgehead atoms. The Balaban J connectivity index is 1.81.